The molecule has 12 nitrogen and oxygen atoms in total. The molecule has 0 aliphatic rings. The molecule has 43 heavy (non-hydrogen) atoms. The number of hydrogen-bond donors (Lipinski definition) is 4. The lowest BCUT2D eigenvalue weighted by atomic mass is 10.2. The Bertz CT molecular complexity index is 1630. The van der Waals surface area contributed by atoms with Crippen molar-refractivity contribution in [2.45, 2.75) is 17.2 Å². The highest BCUT2D eigenvalue weighted by Gasteiger charge is 2.38. The third-order valence-corrected chi connectivity index (χ3v) is 6.41. The largest absolute Gasteiger partial charge is 0.490 e. The average Bonchev–Trinajstić information content (AvgIpc) is 3.47. The van der Waals surface area contributed by atoms with Crippen LogP contribution in [0.25, 0.3) is 5.69 Å². The molecule has 0 spiro atoms. The lowest BCUT2D eigenvalue weighted by molar-refractivity contribution is -0.192. The normalized spacial score (nSPS) is 11.7. The van der Waals surface area contributed by atoms with E-state index in [1.807, 2.05) is 36.5 Å². The first-order chi connectivity index (χ1) is 20.1. The van der Waals surface area contributed by atoms with E-state index in [4.69, 9.17) is 14.6 Å². The highest BCUT2D eigenvalue weighted by atomic mass is 32.2. The van der Waals surface area contributed by atoms with Crippen molar-refractivity contribution in [3.63, 3.8) is 0 Å². The van der Waals surface area contributed by atoms with E-state index < -0.39 is 35.0 Å². The van der Waals surface area contributed by atoms with Crippen LogP contribution >= 0.6 is 0 Å². The van der Waals surface area contributed by atoms with Crippen LogP contribution in [0.1, 0.15) is 0 Å². The Hall–Kier alpha value is -4.91. The van der Waals surface area contributed by atoms with Crippen LogP contribution in [0, 0.1) is 0 Å². The second-order valence-corrected chi connectivity index (χ2v) is 9.99. The van der Waals surface area contributed by atoms with Crippen LogP contribution in [-0.2, 0) is 14.8 Å². The molecule has 19 heteroatoms. The van der Waals surface area contributed by atoms with E-state index in [0.29, 0.717) is 11.5 Å². The summed E-state index contributed by atoms with van der Waals surface area (Å²) in [5, 5.41) is 17.2. The molecule has 2 aromatic carbocycles. The van der Waals surface area contributed by atoms with Gasteiger partial charge in [0.1, 0.15) is 23.7 Å². The van der Waals surface area contributed by atoms with Gasteiger partial charge in [0.15, 0.2) is 6.61 Å². The van der Waals surface area contributed by atoms with E-state index in [1.54, 1.807) is 10.9 Å². The topological polar surface area (TPSA) is 160 Å². The highest BCUT2D eigenvalue weighted by molar-refractivity contribution is 7.89. The molecule has 0 radical (unpaired) electrons. The number of nitrogens with zero attached hydrogens (tertiary/aromatic N) is 4. The first-order valence-corrected chi connectivity index (χ1v) is 13.1. The Morgan fingerprint density at radius 2 is 1.60 bits per heavy atom. The SMILES string of the molecule is CNS(=O)(=O)c1ccc(OCC(F)(F)F)c(Nc2cc(Nc3ccc(-n4cccn4)cc3)ncn2)c1.O=C(O)C(F)(F)F. The number of alkyl halides is 6. The van der Waals surface area contributed by atoms with Gasteiger partial charge in [0.2, 0.25) is 10.0 Å². The van der Waals surface area contributed by atoms with E-state index in [-0.39, 0.29) is 22.2 Å². The third-order valence-electron chi connectivity index (χ3n) is 5.00. The number of ether oxygens (including phenoxy) is 1. The fourth-order valence-electron chi connectivity index (χ4n) is 3.08. The monoisotopic (exact) mass is 633 g/mol. The summed E-state index contributed by atoms with van der Waals surface area (Å²) in [6, 6.07) is 14.1. The van der Waals surface area contributed by atoms with Gasteiger partial charge in [0.05, 0.1) is 16.3 Å². The molecule has 0 unspecified atom stereocenters. The van der Waals surface area contributed by atoms with Gasteiger partial charge in [0.25, 0.3) is 0 Å². The minimum absolute atomic E-state index is 0.0243. The molecule has 4 rings (SSSR count). The molecular weight excluding hydrogens is 612 g/mol. The Labute approximate surface area is 239 Å². The predicted molar refractivity (Wildman–Crippen MR) is 140 cm³/mol. The second-order valence-electron chi connectivity index (χ2n) is 8.11. The molecule has 2 heterocycles. The second kappa shape index (κ2) is 13.4. The maximum absolute atomic E-state index is 12.7. The van der Waals surface area contributed by atoms with Crippen molar-refractivity contribution >= 4 is 39.0 Å². The standard InChI is InChI=1S/C22H20F3N7O3S.C2HF3O2/c1-26-36(33,34)17-7-8-19(35-13-22(23,24)25)18(11-17)31-21-12-20(27-14-28-21)30-15-3-5-16(6-4-15)32-10-2-9-29-32;3-2(4,5)1(6)7/h2-12,14,26H,13H2,1H3,(H2,27,28,30,31);(H,6,7). The van der Waals surface area contributed by atoms with Crippen molar-refractivity contribution < 1.29 is 49.4 Å². The van der Waals surface area contributed by atoms with Gasteiger partial charge in [-0.3, -0.25) is 0 Å². The maximum Gasteiger partial charge on any atom is 0.490 e. The minimum Gasteiger partial charge on any atom is -0.482 e. The number of carbonyl (C=O) groups is 1. The number of anilines is 4. The first-order valence-electron chi connectivity index (χ1n) is 11.6. The van der Waals surface area contributed by atoms with Crippen LogP contribution in [0.2, 0.25) is 0 Å². The van der Waals surface area contributed by atoms with Crippen LogP contribution in [0.3, 0.4) is 0 Å². The zero-order valence-corrected chi connectivity index (χ0v) is 22.5. The van der Waals surface area contributed by atoms with Gasteiger partial charge in [-0.15, -0.1) is 0 Å². The van der Waals surface area contributed by atoms with Crippen molar-refractivity contribution in [3.05, 3.63) is 73.3 Å². The third kappa shape index (κ3) is 9.85. The van der Waals surface area contributed by atoms with Gasteiger partial charge >= 0.3 is 18.3 Å². The van der Waals surface area contributed by atoms with E-state index in [0.717, 1.165) is 23.9 Å². The molecular formula is C24H21F6N7O5S. The molecule has 230 valence electrons. The van der Waals surface area contributed by atoms with Crippen LogP contribution < -0.4 is 20.1 Å². The fraction of sp³-hybridized carbons (Fsp3) is 0.167. The van der Waals surface area contributed by atoms with Crippen LogP contribution in [0.15, 0.2) is 78.2 Å². The molecule has 0 fully saturated rings. The number of benzene rings is 2. The number of aliphatic carboxylic acids is 1. The summed E-state index contributed by atoms with van der Waals surface area (Å²) in [5.74, 6) is -2.38. The number of nitrogens with one attached hydrogen (secondary N) is 3. The van der Waals surface area contributed by atoms with Crippen LogP contribution in [0.4, 0.5) is 49.4 Å². The summed E-state index contributed by atoms with van der Waals surface area (Å²) in [6.45, 7) is -1.55. The van der Waals surface area contributed by atoms with Gasteiger partial charge in [-0.1, -0.05) is 0 Å². The Kier molecular flexibility index (Phi) is 10.1. The summed E-state index contributed by atoms with van der Waals surface area (Å²) < 4.78 is 103. The van der Waals surface area contributed by atoms with Crippen LogP contribution in [-0.4, -0.2) is 65.2 Å². The molecule has 0 saturated carbocycles. The molecule has 0 atom stereocenters. The molecule has 0 bridgehead atoms. The maximum atomic E-state index is 12.7. The van der Waals surface area contributed by atoms with E-state index in [1.165, 1.54) is 19.4 Å². The first kappa shape index (κ1) is 32.6. The zero-order chi connectivity index (χ0) is 31.8. The quantitative estimate of drug-likeness (QED) is 0.191. The summed E-state index contributed by atoms with van der Waals surface area (Å²) >= 11 is 0. The smallest absolute Gasteiger partial charge is 0.482 e. The van der Waals surface area contributed by atoms with Crippen molar-refractivity contribution in [2.75, 3.05) is 24.3 Å². The number of carboxylic acids is 1. The lowest BCUT2D eigenvalue weighted by Crippen LogP contribution is -2.21. The molecule has 0 aliphatic carbocycles. The summed E-state index contributed by atoms with van der Waals surface area (Å²) in [4.78, 5) is 16.9. The van der Waals surface area contributed by atoms with Crippen molar-refractivity contribution in [3.8, 4) is 11.4 Å². The molecule has 4 aromatic rings. The van der Waals surface area contributed by atoms with Gasteiger partial charge < -0.3 is 20.5 Å². The van der Waals surface area contributed by atoms with Gasteiger partial charge in [0, 0.05) is 24.1 Å². The number of halogens is 6. The molecule has 0 saturated heterocycles. The van der Waals surface area contributed by atoms with E-state index in [2.05, 4.69) is 30.4 Å². The van der Waals surface area contributed by atoms with Crippen molar-refractivity contribution in [1.82, 2.24) is 24.5 Å². The number of sulfonamides is 1. The molecule has 0 amide bonds. The van der Waals surface area contributed by atoms with E-state index in [9.17, 15) is 34.8 Å². The van der Waals surface area contributed by atoms with Crippen LogP contribution in [0.5, 0.6) is 5.75 Å². The summed E-state index contributed by atoms with van der Waals surface area (Å²) in [7, 11) is -2.64. The zero-order valence-electron chi connectivity index (χ0n) is 21.7. The Balaban J connectivity index is 0.000000646. The Morgan fingerprint density at radius 1 is 0.977 bits per heavy atom. The average molecular weight is 634 g/mol. The molecule has 2 aromatic heterocycles. The fourth-order valence-corrected chi connectivity index (χ4v) is 3.83. The lowest BCUT2D eigenvalue weighted by Gasteiger charge is -2.16. The number of aromatic nitrogens is 4. The number of hydrogen-bond acceptors (Lipinski definition) is 9. The van der Waals surface area contributed by atoms with Crippen molar-refractivity contribution in [1.29, 1.82) is 0 Å². The summed E-state index contributed by atoms with van der Waals surface area (Å²) in [6.07, 6.45) is -4.93. The highest BCUT2D eigenvalue weighted by Crippen LogP contribution is 2.32. The Morgan fingerprint density at radius 3 is 2.14 bits per heavy atom. The molecule has 0 aliphatic heterocycles. The molecule has 4 N–H and O–H groups in total. The minimum atomic E-state index is -5.08. The van der Waals surface area contributed by atoms with Crippen molar-refractivity contribution in [2.24, 2.45) is 0 Å². The van der Waals surface area contributed by atoms with Gasteiger partial charge in [-0.25, -0.2) is 32.6 Å². The predicted octanol–water partition coefficient (Wildman–Crippen LogP) is 4.63. The number of carboxylic acid groups (broad SMARTS) is 1. The summed E-state index contributed by atoms with van der Waals surface area (Å²) in [5.41, 5.74) is 1.55. The van der Waals surface area contributed by atoms with Gasteiger partial charge in [-0.2, -0.15) is 31.4 Å². The number of rotatable bonds is 9. The van der Waals surface area contributed by atoms with Gasteiger partial charge in [-0.05, 0) is 55.6 Å². The van der Waals surface area contributed by atoms with E-state index >= 15 is 0 Å².